The molecule has 2 N–H and O–H groups in total. The van der Waals surface area contributed by atoms with Gasteiger partial charge in [0.05, 0.1) is 31.1 Å². The SMILES string of the molecule is C[C@@H]1COCCN1C(=O)Cn1cc(N)cn1. The third kappa shape index (κ3) is 2.33. The number of amides is 1. The van der Waals surface area contributed by atoms with Gasteiger partial charge in [0.1, 0.15) is 6.54 Å². The van der Waals surface area contributed by atoms with E-state index in [0.717, 1.165) is 0 Å². The molecule has 0 spiro atoms. The van der Waals surface area contributed by atoms with Crippen molar-refractivity contribution in [3.63, 3.8) is 0 Å². The fourth-order valence-electron chi connectivity index (χ4n) is 1.79. The molecule has 1 amide bonds. The summed E-state index contributed by atoms with van der Waals surface area (Å²) in [6.45, 7) is 4.08. The Balaban J connectivity index is 1.96. The Labute approximate surface area is 94.0 Å². The van der Waals surface area contributed by atoms with E-state index in [1.807, 2.05) is 11.8 Å². The minimum Gasteiger partial charge on any atom is -0.396 e. The molecule has 0 saturated carbocycles. The number of carbonyl (C=O) groups excluding carboxylic acids is 1. The molecule has 88 valence electrons. The molecule has 0 unspecified atom stereocenters. The van der Waals surface area contributed by atoms with Gasteiger partial charge in [-0.3, -0.25) is 9.48 Å². The molecule has 0 radical (unpaired) electrons. The fourth-order valence-corrected chi connectivity index (χ4v) is 1.79. The number of morpholine rings is 1. The summed E-state index contributed by atoms with van der Waals surface area (Å²) in [6.07, 6.45) is 3.19. The van der Waals surface area contributed by atoms with Crippen molar-refractivity contribution in [3.05, 3.63) is 12.4 Å². The monoisotopic (exact) mass is 224 g/mol. The summed E-state index contributed by atoms with van der Waals surface area (Å²) in [6, 6.07) is 0.133. The van der Waals surface area contributed by atoms with Crippen LogP contribution in [0.4, 0.5) is 5.69 Å². The molecule has 0 bridgehead atoms. The van der Waals surface area contributed by atoms with Crippen LogP contribution >= 0.6 is 0 Å². The summed E-state index contributed by atoms with van der Waals surface area (Å²) in [5.74, 6) is 0.0545. The maximum Gasteiger partial charge on any atom is 0.244 e. The van der Waals surface area contributed by atoms with Gasteiger partial charge in [-0.1, -0.05) is 0 Å². The number of anilines is 1. The van der Waals surface area contributed by atoms with Crippen molar-refractivity contribution in [2.75, 3.05) is 25.5 Å². The maximum atomic E-state index is 12.0. The molecule has 1 fully saturated rings. The summed E-state index contributed by atoms with van der Waals surface area (Å²) >= 11 is 0. The van der Waals surface area contributed by atoms with Crippen LogP contribution in [0.15, 0.2) is 12.4 Å². The Morgan fingerprint density at radius 2 is 2.56 bits per heavy atom. The quantitative estimate of drug-likeness (QED) is 0.749. The van der Waals surface area contributed by atoms with E-state index in [9.17, 15) is 4.79 Å². The molecular formula is C10H16N4O2. The van der Waals surface area contributed by atoms with Gasteiger partial charge in [-0.05, 0) is 6.92 Å². The third-order valence-corrected chi connectivity index (χ3v) is 2.64. The zero-order chi connectivity index (χ0) is 11.5. The predicted octanol–water partition coefficient (Wildman–Crippen LogP) is -0.287. The zero-order valence-electron chi connectivity index (χ0n) is 9.30. The highest BCUT2D eigenvalue weighted by atomic mass is 16.5. The molecule has 6 nitrogen and oxygen atoms in total. The molecule has 0 aromatic carbocycles. The fraction of sp³-hybridized carbons (Fsp3) is 0.600. The van der Waals surface area contributed by atoms with Crippen LogP contribution in [0.1, 0.15) is 6.92 Å². The summed E-state index contributed by atoms with van der Waals surface area (Å²) in [4.78, 5) is 13.8. The van der Waals surface area contributed by atoms with Crippen molar-refractivity contribution < 1.29 is 9.53 Å². The number of hydrogen-bond donors (Lipinski definition) is 1. The lowest BCUT2D eigenvalue weighted by Crippen LogP contribution is -2.48. The Hall–Kier alpha value is -1.56. The van der Waals surface area contributed by atoms with E-state index in [-0.39, 0.29) is 18.5 Å². The van der Waals surface area contributed by atoms with Gasteiger partial charge in [0.25, 0.3) is 0 Å². The predicted molar refractivity (Wildman–Crippen MR) is 58.6 cm³/mol. The van der Waals surface area contributed by atoms with Crippen LogP contribution in [0.2, 0.25) is 0 Å². The number of ether oxygens (including phenoxy) is 1. The Morgan fingerprint density at radius 3 is 3.19 bits per heavy atom. The first kappa shape index (κ1) is 10.9. The smallest absolute Gasteiger partial charge is 0.244 e. The highest BCUT2D eigenvalue weighted by Crippen LogP contribution is 2.07. The standard InChI is InChI=1S/C10H16N4O2/c1-8-7-16-3-2-14(8)10(15)6-13-5-9(11)4-12-13/h4-5,8H,2-3,6-7,11H2,1H3/t8-/m1/s1. The minimum atomic E-state index is 0.0545. The molecule has 2 heterocycles. The van der Waals surface area contributed by atoms with E-state index in [1.54, 1.807) is 10.9 Å². The second-order valence-electron chi connectivity index (χ2n) is 3.98. The van der Waals surface area contributed by atoms with Gasteiger partial charge >= 0.3 is 0 Å². The molecule has 1 atom stereocenters. The van der Waals surface area contributed by atoms with E-state index in [4.69, 9.17) is 10.5 Å². The molecular weight excluding hydrogens is 208 g/mol. The first-order valence-corrected chi connectivity index (χ1v) is 5.32. The van der Waals surface area contributed by atoms with Crippen LogP contribution < -0.4 is 5.73 Å². The maximum absolute atomic E-state index is 12.0. The van der Waals surface area contributed by atoms with Gasteiger partial charge in [-0.2, -0.15) is 5.10 Å². The molecule has 1 aliphatic rings. The van der Waals surface area contributed by atoms with Gasteiger partial charge < -0.3 is 15.4 Å². The lowest BCUT2D eigenvalue weighted by molar-refractivity contribution is -0.139. The normalized spacial score (nSPS) is 21.1. The third-order valence-electron chi connectivity index (χ3n) is 2.64. The first-order chi connectivity index (χ1) is 7.66. The number of hydrogen-bond acceptors (Lipinski definition) is 4. The molecule has 0 aliphatic carbocycles. The largest absolute Gasteiger partial charge is 0.396 e. The van der Waals surface area contributed by atoms with Crippen LogP contribution in [0.5, 0.6) is 0 Å². The lowest BCUT2D eigenvalue weighted by atomic mass is 10.2. The number of nitrogen functional groups attached to an aromatic ring is 1. The molecule has 2 rings (SSSR count). The molecule has 1 aromatic heterocycles. The topological polar surface area (TPSA) is 73.4 Å². The van der Waals surface area contributed by atoms with Crippen LogP contribution in [0, 0.1) is 0 Å². The number of aromatic nitrogens is 2. The van der Waals surface area contributed by atoms with Crippen LogP contribution in [-0.4, -0.2) is 46.4 Å². The van der Waals surface area contributed by atoms with Gasteiger partial charge in [-0.15, -0.1) is 0 Å². The van der Waals surface area contributed by atoms with Crippen molar-refractivity contribution in [1.29, 1.82) is 0 Å². The van der Waals surface area contributed by atoms with Crippen molar-refractivity contribution in [2.45, 2.75) is 19.5 Å². The summed E-state index contributed by atoms with van der Waals surface area (Å²) < 4.78 is 6.84. The molecule has 16 heavy (non-hydrogen) atoms. The molecule has 6 heteroatoms. The number of nitrogens with zero attached hydrogens (tertiary/aromatic N) is 3. The highest BCUT2D eigenvalue weighted by molar-refractivity contribution is 5.76. The average molecular weight is 224 g/mol. The van der Waals surface area contributed by atoms with E-state index >= 15 is 0 Å². The second kappa shape index (κ2) is 4.52. The Kier molecular flexibility index (Phi) is 3.09. The number of carbonyl (C=O) groups is 1. The minimum absolute atomic E-state index is 0.0545. The highest BCUT2D eigenvalue weighted by Gasteiger charge is 2.23. The zero-order valence-corrected chi connectivity index (χ0v) is 9.30. The molecule has 1 aliphatic heterocycles. The van der Waals surface area contributed by atoms with Gasteiger partial charge in [0.15, 0.2) is 0 Å². The summed E-state index contributed by atoms with van der Waals surface area (Å²) in [7, 11) is 0. The lowest BCUT2D eigenvalue weighted by Gasteiger charge is -2.33. The number of nitrogens with two attached hydrogens (primary N) is 1. The summed E-state index contributed by atoms with van der Waals surface area (Å²) in [5, 5.41) is 3.99. The van der Waals surface area contributed by atoms with Crippen molar-refractivity contribution in [2.24, 2.45) is 0 Å². The van der Waals surface area contributed by atoms with Crippen LogP contribution in [0.25, 0.3) is 0 Å². The van der Waals surface area contributed by atoms with Crippen LogP contribution in [-0.2, 0) is 16.1 Å². The van der Waals surface area contributed by atoms with E-state index < -0.39 is 0 Å². The Morgan fingerprint density at radius 1 is 1.75 bits per heavy atom. The van der Waals surface area contributed by atoms with Crippen molar-refractivity contribution in [1.82, 2.24) is 14.7 Å². The summed E-state index contributed by atoms with van der Waals surface area (Å²) in [5.41, 5.74) is 6.10. The number of rotatable bonds is 2. The van der Waals surface area contributed by atoms with Crippen molar-refractivity contribution in [3.8, 4) is 0 Å². The second-order valence-corrected chi connectivity index (χ2v) is 3.98. The Bertz CT molecular complexity index is 377. The van der Waals surface area contributed by atoms with Gasteiger partial charge in [0, 0.05) is 12.7 Å². The van der Waals surface area contributed by atoms with Gasteiger partial charge in [-0.25, -0.2) is 0 Å². The molecule has 1 aromatic rings. The average Bonchev–Trinajstić information content (AvgIpc) is 2.64. The van der Waals surface area contributed by atoms with Crippen molar-refractivity contribution >= 4 is 11.6 Å². The van der Waals surface area contributed by atoms with E-state index in [2.05, 4.69) is 5.10 Å². The first-order valence-electron chi connectivity index (χ1n) is 5.32. The van der Waals surface area contributed by atoms with Crippen LogP contribution in [0.3, 0.4) is 0 Å². The van der Waals surface area contributed by atoms with E-state index in [1.165, 1.54) is 6.20 Å². The van der Waals surface area contributed by atoms with E-state index in [0.29, 0.717) is 25.4 Å². The molecule has 1 saturated heterocycles. The van der Waals surface area contributed by atoms with Gasteiger partial charge in [0.2, 0.25) is 5.91 Å².